The van der Waals surface area contributed by atoms with Gasteiger partial charge in [0.25, 0.3) is 21.8 Å². The van der Waals surface area contributed by atoms with Crippen molar-refractivity contribution in [2.45, 2.75) is 24.7 Å². The zero-order chi connectivity index (χ0) is 26.0. The average Bonchev–Trinajstić information content (AvgIpc) is 2.88. The fraction of sp³-hybridized carbons (Fsp3) is 0.200. The van der Waals surface area contributed by atoms with Crippen molar-refractivity contribution >= 4 is 28.0 Å². The Morgan fingerprint density at radius 1 is 0.917 bits per heavy atom. The maximum atomic E-state index is 12.7. The first-order valence-corrected chi connectivity index (χ1v) is 12.6. The van der Waals surface area contributed by atoms with E-state index < -0.39 is 28.0 Å². The van der Waals surface area contributed by atoms with Gasteiger partial charge in [-0.25, -0.2) is 22.9 Å². The fourth-order valence-electron chi connectivity index (χ4n) is 2.99. The normalized spacial score (nSPS) is 10.8. The molecule has 0 aliphatic rings. The van der Waals surface area contributed by atoms with Crippen LogP contribution in [0.1, 0.15) is 39.6 Å². The highest BCUT2D eigenvalue weighted by Gasteiger charge is 2.21. The molecule has 0 radical (unpaired) electrons. The first kappa shape index (κ1) is 26.4. The van der Waals surface area contributed by atoms with Crippen LogP contribution in [0.25, 0.3) is 0 Å². The molecular formula is C25H25N3O7S. The van der Waals surface area contributed by atoms with E-state index in [2.05, 4.69) is 10.3 Å². The number of aromatic nitrogens is 1. The van der Waals surface area contributed by atoms with Gasteiger partial charge in [-0.05, 0) is 42.7 Å². The van der Waals surface area contributed by atoms with Gasteiger partial charge in [0.2, 0.25) is 5.88 Å². The number of hydrogen-bond acceptors (Lipinski definition) is 8. The molecule has 0 saturated carbocycles. The Kier molecular flexibility index (Phi) is 9.12. The lowest BCUT2D eigenvalue weighted by Crippen LogP contribution is -2.31. The summed E-state index contributed by atoms with van der Waals surface area (Å²) in [4.78, 5) is 40.0. The van der Waals surface area contributed by atoms with Crippen LogP contribution in [0.5, 0.6) is 5.88 Å². The lowest BCUT2D eigenvalue weighted by atomic mass is 10.1. The van der Waals surface area contributed by atoms with Crippen molar-refractivity contribution < 1.29 is 32.3 Å². The Bertz CT molecular complexity index is 1310. The number of rotatable bonds is 10. The third-order valence-corrected chi connectivity index (χ3v) is 6.11. The first-order chi connectivity index (χ1) is 17.3. The quantitative estimate of drug-likeness (QED) is 0.396. The molecule has 188 valence electrons. The minimum Gasteiger partial charge on any atom is -0.434 e. The highest BCUT2D eigenvalue weighted by atomic mass is 32.2. The van der Waals surface area contributed by atoms with Crippen LogP contribution in [0.3, 0.4) is 0 Å². The largest absolute Gasteiger partial charge is 0.515 e. The number of nitrogens with zero attached hydrogens (tertiary/aromatic N) is 1. The second kappa shape index (κ2) is 12.5. The maximum absolute atomic E-state index is 12.7. The van der Waals surface area contributed by atoms with E-state index in [0.717, 1.165) is 11.8 Å². The summed E-state index contributed by atoms with van der Waals surface area (Å²) in [7, 11) is -4.28. The molecule has 2 aromatic carbocycles. The number of sulfonamides is 1. The van der Waals surface area contributed by atoms with Gasteiger partial charge < -0.3 is 14.8 Å². The highest BCUT2D eigenvalue weighted by molar-refractivity contribution is 7.90. The van der Waals surface area contributed by atoms with E-state index in [0.29, 0.717) is 19.4 Å². The van der Waals surface area contributed by atoms with Gasteiger partial charge in [0, 0.05) is 24.4 Å². The Hall–Kier alpha value is -4.25. The fourth-order valence-corrected chi connectivity index (χ4v) is 4.01. The summed E-state index contributed by atoms with van der Waals surface area (Å²) in [5.74, 6) is -1.49. The number of amides is 2. The molecule has 36 heavy (non-hydrogen) atoms. The van der Waals surface area contributed by atoms with Crippen molar-refractivity contribution in [3.8, 4) is 5.88 Å². The van der Waals surface area contributed by atoms with Gasteiger partial charge in [-0.1, -0.05) is 43.3 Å². The standard InChI is InChI=1S/C25H25N3O7S/c1-2-15-34-25(31)35-22-12-11-20(17-27-22)24(30)28-36(32,33)21-10-6-9-19(16-21)23(29)26-14-13-18-7-4-3-5-8-18/h3-12,16-17H,2,13-15H2,1H3,(H,26,29)(H,28,30). The van der Waals surface area contributed by atoms with Crippen LogP contribution in [-0.2, 0) is 21.2 Å². The molecule has 0 atom stereocenters. The van der Waals surface area contributed by atoms with Crippen LogP contribution >= 0.6 is 0 Å². The van der Waals surface area contributed by atoms with Gasteiger partial charge in [-0.3, -0.25) is 9.59 Å². The Morgan fingerprint density at radius 2 is 1.69 bits per heavy atom. The summed E-state index contributed by atoms with van der Waals surface area (Å²) in [6, 6.07) is 17.4. The number of pyridine rings is 1. The molecule has 0 aliphatic heterocycles. The van der Waals surface area contributed by atoms with Gasteiger partial charge in [-0.2, -0.15) is 0 Å². The summed E-state index contributed by atoms with van der Waals surface area (Å²) in [5.41, 5.74) is 1.11. The first-order valence-electron chi connectivity index (χ1n) is 11.1. The second-order valence-electron chi connectivity index (χ2n) is 7.54. The Balaban J connectivity index is 1.60. The van der Waals surface area contributed by atoms with Crippen LogP contribution in [0, 0.1) is 0 Å². The molecule has 0 saturated heterocycles. The average molecular weight is 512 g/mol. The van der Waals surface area contributed by atoms with Crippen molar-refractivity contribution in [2.75, 3.05) is 13.2 Å². The third kappa shape index (κ3) is 7.64. The lowest BCUT2D eigenvalue weighted by Gasteiger charge is -2.10. The van der Waals surface area contributed by atoms with E-state index in [1.807, 2.05) is 42.0 Å². The van der Waals surface area contributed by atoms with Crippen LogP contribution in [0.4, 0.5) is 4.79 Å². The van der Waals surface area contributed by atoms with Crippen molar-refractivity contribution in [1.29, 1.82) is 0 Å². The SMILES string of the molecule is CCCOC(=O)Oc1ccc(C(=O)NS(=O)(=O)c2cccc(C(=O)NCCc3ccccc3)c2)cn1. The molecule has 1 heterocycles. The van der Waals surface area contributed by atoms with Crippen LogP contribution in [0.15, 0.2) is 77.8 Å². The van der Waals surface area contributed by atoms with Crippen molar-refractivity contribution in [3.05, 3.63) is 89.6 Å². The molecule has 3 aromatic rings. The zero-order valence-electron chi connectivity index (χ0n) is 19.5. The minimum absolute atomic E-state index is 0.0809. The van der Waals surface area contributed by atoms with Crippen LogP contribution in [-0.4, -0.2) is 44.5 Å². The molecule has 10 nitrogen and oxygen atoms in total. The number of carbonyl (C=O) groups is 3. The van der Waals surface area contributed by atoms with Gasteiger partial charge >= 0.3 is 6.16 Å². The molecular weight excluding hydrogens is 486 g/mol. The van der Waals surface area contributed by atoms with Crippen molar-refractivity contribution in [3.63, 3.8) is 0 Å². The molecule has 2 N–H and O–H groups in total. The van der Waals surface area contributed by atoms with Crippen molar-refractivity contribution in [1.82, 2.24) is 15.0 Å². The number of ether oxygens (including phenoxy) is 2. The van der Waals surface area contributed by atoms with E-state index in [4.69, 9.17) is 9.47 Å². The molecule has 3 rings (SSSR count). The van der Waals surface area contributed by atoms with Crippen LogP contribution in [0.2, 0.25) is 0 Å². The third-order valence-electron chi connectivity index (χ3n) is 4.79. The number of carbonyl (C=O) groups excluding carboxylic acids is 3. The molecule has 0 fully saturated rings. The van der Waals surface area contributed by atoms with E-state index >= 15 is 0 Å². The van der Waals surface area contributed by atoms with E-state index in [1.54, 1.807) is 0 Å². The molecule has 2 amide bonds. The second-order valence-corrected chi connectivity index (χ2v) is 9.22. The number of hydrogen-bond donors (Lipinski definition) is 2. The van der Waals surface area contributed by atoms with Gasteiger partial charge in [0.05, 0.1) is 17.1 Å². The van der Waals surface area contributed by atoms with Gasteiger partial charge in [-0.15, -0.1) is 0 Å². The van der Waals surface area contributed by atoms with Gasteiger partial charge in [0.1, 0.15) is 0 Å². The minimum atomic E-state index is -4.28. The summed E-state index contributed by atoms with van der Waals surface area (Å²) >= 11 is 0. The van der Waals surface area contributed by atoms with E-state index in [-0.39, 0.29) is 28.5 Å². The highest BCUT2D eigenvalue weighted by Crippen LogP contribution is 2.14. The Morgan fingerprint density at radius 3 is 2.39 bits per heavy atom. The predicted octanol–water partition coefficient (Wildman–Crippen LogP) is 3.10. The summed E-state index contributed by atoms with van der Waals surface area (Å²) in [5, 5.41) is 2.75. The molecule has 0 unspecified atom stereocenters. The monoisotopic (exact) mass is 511 g/mol. The van der Waals surface area contributed by atoms with E-state index in [1.165, 1.54) is 36.4 Å². The zero-order valence-corrected chi connectivity index (χ0v) is 20.3. The molecule has 1 aromatic heterocycles. The van der Waals surface area contributed by atoms with Crippen LogP contribution < -0.4 is 14.8 Å². The topological polar surface area (TPSA) is 141 Å². The summed E-state index contributed by atoms with van der Waals surface area (Å²) in [6.07, 6.45) is 1.37. The summed E-state index contributed by atoms with van der Waals surface area (Å²) in [6.45, 7) is 2.39. The maximum Gasteiger partial charge on any atom is 0.515 e. The van der Waals surface area contributed by atoms with Crippen molar-refractivity contribution in [2.24, 2.45) is 0 Å². The predicted molar refractivity (Wildman–Crippen MR) is 130 cm³/mol. The lowest BCUT2D eigenvalue weighted by molar-refractivity contribution is 0.0949. The number of nitrogens with one attached hydrogen (secondary N) is 2. The summed E-state index contributed by atoms with van der Waals surface area (Å²) < 4.78 is 37.0. The Labute approximate surface area is 208 Å². The molecule has 0 bridgehead atoms. The molecule has 11 heteroatoms. The molecule has 0 aliphatic carbocycles. The van der Waals surface area contributed by atoms with Gasteiger partial charge in [0.15, 0.2) is 0 Å². The molecule has 0 spiro atoms. The smallest absolute Gasteiger partial charge is 0.434 e. The number of benzene rings is 2. The van der Waals surface area contributed by atoms with E-state index in [9.17, 15) is 22.8 Å².